The van der Waals surface area contributed by atoms with Gasteiger partial charge in [-0.05, 0) is 47.7 Å². The maximum Gasteiger partial charge on any atom is 0.280 e. The van der Waals surface area contributed by atoms with Crippen LogP contribution in [0.3, 0.4) is 0 Å². The second-order valence-corrected chi connectivity index (χ2v) is 10.5. The summed E-state index contributed by atoms with van der Waals surface area (Å²) in [4.78, 5) is 30.6. The predicted octanol–water partition coefficient (Wildman–Crippen LogP) is 5.49. The highest BCUT2D eigenvalue weighted by Gasteiger charge is 2.32. The molecule has 7 rings (SSSR count). The molecule has 1 atom stereocenters. The molecule has 2 aromatic heterocycles. The summed E-state index contributed by atoms with van der Waals surface area (Å²) in [5.74, 6) is 0.814. The molecule has 190 valence electrons. The number of rotatable bonds is 4. The Morgan fingerprint density at radius 2 is 1.67 bits per heavy atom. The van der Waals surface area contributed by atoms with Crippen LogP contribution >= 0.6 is 11.3 Å². The van der Waals surface area contributed by atoms with Crippen LogP contribution in [0.15, 0.2) is 111 Å². The van der Waals surface area contributed by atoms with Gasteiger partial charge in [-0.2, -0.15) is 0 Å². The summed E-state index contributed by atoms with van der Waals surface area (Å²) in [6.07, 6.45) is 3.43. The van der Waals surface area contributed by atoms with E-state index in [0.717, 1.165) is 35.2 Å². The van der Waals surface area contributed by atoms with Crippen molar-refractivity contribution in [2.45, 2.75) is 18.9 Å². The summed E-state index contributed by atoms with van der Waals surface area (Å²) < 4.78 is 8.25. The fraction of sp³-hybridized carbons (Fsp3) is 0.0968. The van der Waals surface area contributed by atoms with Crippen LogP contribution < -0.4 is 14.9 Å². The molecule has 0 fully saturated rings. The first kappa shape index (κ1) is 23.3. The molecule has 7 nitrogen and oxygen atoms in total. The Morgan fingerprint density at radius 3 is 2.49 bits per heavy atom. The number of benzene rings is 3. The molecule has 1 aliphatic carbocycles. The monoisotopic (exact) mass is 531 g/mol. The van der Waals surface area contributed by atoms with Crippen LogP contribution in [0.2, 0.25) is 0 Å². The van der Waals surface area contributed by atoms with Gasteiger partial charge in [-0.1, -0.05) is 78.1 Å². The molecular formula is C31H21N3O4S. The van der Waals surface area contributed by atoms with E-state index in [4.69, 9.17) is 9.41 Å². The van der Waals surface area contributed by atoms with Crippen molar-refractivity contribution in [3.05, 3.63) is 149 Å². The minimum Gasteiger partial charge on any atom is -0.456 e. The fourth-order valence-electron chi connectivity index (χ4n) is 5.50. The van der Waals surface area contributed by atoms with Gasteiger partial charge in [0.1, 0.15) is 11.5 Å². The van der Waals surface area contributed by atoms with Crippen molar-refractivity contribution in [3.63, 3.8) is 0 Å². The molecule has 0 N–H and O–H groups in total. The zero-order chi connectivity index (χ0) is 26.5. The van der Waals surface area contributed by atoms with Gasteiger partial charge in [0.05, 0.1) is 26.8 Å². The average Bonchev–Trinajstić information content (AvgIpc) is 3.56. The number of nitro groups is 1. The van der Waals surface area contributed by atoms with Gasteiger partial charge in [0.15, 0.2) is 4.80 Å². The first-order chi connectivity index (χ1) is 19.1. The summed E-state index contributed by atoms with van der Waals surface area (Å²) in [7, 11) is 0. The zero-order valence-corrected chi connectivity index (χ0v) is 21.4. The third-order valence-corrected chi connectivity index (χ3v) is 8.24. The molecule has 0 bridgehead atoms. The number of allylic oxidation sites excluding steroid dienone is 1. The van der Waals surface area contributed by atoms with Gasteiger partial charge < -0.3 is 4.42 Å². The summed E-state index contributed by atoms with van der Waals surface area (Å²) in [6, 6.07) is 28.0. The third kappa shape index (κ3) is 3.88. The number of hydrogen-bond donors (Lipinski definition) is 0. The van der Waals surface area contributed by atoms with E-state index in [9.17, 15) is 14.9 Å². The zero-order valence-electron chi connectivity index (χ0n) is 20.6. The van der Waals surface area contributed by atoms with Gasteiger partial charge in [-0.25, -0.2) is 4.99 Å². The van der Waals surface area contributed by atoms with Crippen LogP contribution in [-0.2, 0) is 6.42 Å². The number of thiazole rings is 1. The highest BCUT2D eigenvalue weighted by Crippen LogP contribution is 2.41. The molecule has 39 heavy (non-hydrogen) atoms. The first-order valence-corrected chi connectivity index (χ1v) is 13.4. The highest BCUT2D eigenvalue weighted by molar-refractivity contribution is 7.07. The highest BCUT2D eigenvalue weighted by atomic mass is 32.1. The minimum atomic E-state index is -0.431. The lowest BCUT2D eigenvalue weighted by Gasteiger charge is -2.30. The fourth-order valence-corrected chi connectivity index (χ4v) is 6.48. The molecule has 0 unspecified atom stereocenters. The van der Waals surface area contributed by atoms with Gasteiger partial charge in [0, 0.05) is 17.7 Å². The van der Waals surface area contributed by atoms with E-state index in [-0.39, 0.29) is 17.3 Å². The molecular weight excluding hydrogens is 510 g/mol. The van der Waals surface area contributed by atoms with E-state index in [1.54, 1.807) is 41.0 Å². The van der Waals surface area contributed by atoms with Gasteiger partial charge >= 0.3 is 0 Å². The Bertz CT molecular complexity index is 1980. The first-order valence-electron chi connectivity index (χ1n) is 12.6. The summed E-state index contributed by atoms with van der Waals surface area (Å²) in [5, 5.41) is 11.5. The summed E-state index contributed by atoms with van der Waals surface area (Å²) in [6.45, 7) is 0. The third-order valence-electron chi connectivity index (χ3n) is 7.25. The van der Waals surface area contributed by atoms with Crippen molar-refractivity contribution in [1.82, 2.24) is 4.57 Å². The Hall–Kier alpha value is -4.82. The van der Waals surface area contributed by atoms with Crippen LogP contribution in [0, 0.1) is 10.1 Å². The Kier molecular flexibility index (Phi) is 5.49. The van der Waals surface area contributed by atoms with E-state index in [1.165, 1.54) is 23.0 Å². The van der Waals surface area contributed by atoms with E-state index in [0.29, 0.717) is 26.4 Å². The molecule has 2 aliphatic rings. The number of fused-ring (bicyclic) bond motifs is 3. The molecule has 0 radical (unpaired) electrons. The Labute approximate surface area is 226 Å². The maximum atomic E-state index is 13.9. The molecule has 0 saturated heterocycles. The number of para-hydroxylation sites is 1. The largest absolute Gasteiger partial charge is 0.456 e. The van der Waals surface area contributed by atoms with Crippen molar-refractivity contribution in [1.29, 1.82) is 0 Å². The standard InChI is InChI=1S/C31H21N3O4S/c35-30-27(18-21-15-17-26(38-21)23-12-6-7-13-25(23)34(36)37)39-31-32-28-22-11-5-4-8-19(22)14-16-24(28)29(33(30)31)20-9-2-1-3-10-20/h1-13,15,17-18,29H,14,16H2/b27-18-/t29-/m1/s1. The lowest BCUT2D eigenvalue weighted by atomic mass is 9.83. The summed E-state index contributed by atoms with van der Waals surface area (Å²) in [5.41, 5.74) is 5.75. The topological polar surface area (TPSA) is 90.6 Å². The van der Waals surface area contributed by atoms with E-state index in [1.807, 2.05) is 24.3 Å². The van der Waals surface area contributed by atoms with Crippen molar-refractivity contribution in [2.24, 2.45) is 4.99 Å². The van der Waals surface area contributed by atoms with E-state index >= 15 is 0 Å². The second kappa shape index (κ2) is 9.18. The lowest BCUT2D eigenvalue weighted by molar-refractivity contribution is -0.384. The quantitative estimate of drug-likeness (QED) is 0.227. The van der Waals surface area contributed by atoms with Crippen LogP contribution in [0.4, 0.5) is 5.69 Å². The van der Waals surface area contributed by atoms with E-state index < -0.39 is 4.92 Å². The van der Waals surface area contributed by atoms with E-state index in [2.05, 4.69) is 30.3 Å². The normalized spacial score (nSPS) is 16.3. The maximum absolute atomic E-state index is 13.9. The van der Waals surface area contributed by atoms with Gasteiger partial charge in [0.25, 0.3) is 11.2 Å². The predicted molar refractivity (Wildman–Crippen MR) is 150 cm³/mol. The molecule has 1 aliphatic heterocycles. The second-order valence-electron chi connectivity index (χ2n) is 9.50. The lowest BCUT2D eigenvalue weighted by Crippen LogP contribution is -2.38. The van der Waals surface area contributed by atoms with Crippen molar-refractivity contribution in [3.8, 4) is 11.3 Å². The van der Waals surface area contributed by atoms with Crippen LogP contribution in [-0.4, -0.2) is 9.49 Å². The number of nitrogens with zero attached hydrogens (tertiary/aromatic N) is 3. The SMILES string of the molecule is O=c1/c(=C/c2ccc(-c3ccccc3[N+](=O)[O-])o2)sc2n1[C@H](c1ccccc1)C1=C(N=2)c2ccccc2CC1. The molecule has 8 heteroatoms. The minimum absolute atomic E-state index is 0.0357. The van der Waals surface area contributed by atoms with Crippen molar-refractivity contribution in [2.75, 3.05) is 0 Å². The van der Waals surface area contributed by atoms with Gasteiger partial charge in [-0.15, -0.1) is 0 Å². The number of aryl methyl sites for hydroxylation is 1. The van der Waals surface area contributed by atoms with Crippen LogP contribution in [0.5, 0.6) is 0 Å². The van der Waals surface area contributed by atoms with Crippen molar-refractivity contribution < 1.29 is 9.34 Å². The number of aromatic nitrogens is 1. The summed E-state index contributed by atoms with van der Waals surface area (Å²) >= 11 is 1.32. The van der Waals surface area contributed by atoms with Crippen LogP contribution in [0.25, 0.3) is 23.1 Å². The Morgan fingerprint density at radius 1 is 0.923 bits per heavy atom. The van der Waals surface area contributed by atoms with Crippen LogP contribution in [0.1, 0.15) is 34.9 Å². The number of nitro benzene ring substituents is 1. The molecule has 0 amide bonds. The molecule has 0 saturated carbocycles. The Balaban J connectivity index is 1.39. The molecule has 0 spiro atoms. The smallest absolute Gasteiger partial charge is 0.280 e. The van der Waals surface area contributed by atoms with Crippen molar-refractivity contribution >= 4 is 28.8 Å². The van der Waals surface area contributed by atoms with Gasteiger partial charge in [-0.3, -0.25) is 19.5 Å². The molecule has 3 heterocycles. The molecule has 5 aromatic rings. The molecule has 3 aromatic carbocycles. The number of hydrogen-bond acceptors (Lipinski definition) is 6. The number of furan rings is 1. The average molecular weight is 532 g/mol. The van der Waals surface area contributed by atoms with Gasteiger partial charge in [0.2, 0.25) is 0 Å².